The number of hydrogen-bond donors (Lipinski definition) is 2. The van der Waals surface area contributed by atoms with Gasteiger partial charge >= 0.3 is 6.61 Å². The fraction of sp³-hybridized carbons (Fsp3) is 0.611. The topological polar surface area (TPSA) is 92.3 Å². The number of benzene rings is 1. The Labute approximate surface area is 171 Å². The van der Waals surface area contributed by atoms with Gasteiger partial charge in [0.05, 0.1) is 12.4 Å². The first-order valence-corrected chi connectivity index (χ1v) is 10.9. The second kappa shape index (κ2) is 12.4. The first-order valence-electron chi connectivity index (χ1n) is 9.33. The van der Waals surface area contributed by atoms with E-state index in [2.05, 4.69) is 20.4 Å². The summed E-state index contributed by atoms with van der Waals surface area (Å²) in [5.74, 6) is 0.744. The summed E-state index contributed by atoms with van der Waals surface area (Å²) in [7, 11) is -0.0787. The molecule has 8 nitrogen and oxygen atoms in total. The van der Waals surface area contributed by atoms with Gasteiger partial charge in [-0.2, -0.15) is 8.78 Å². The molecule has 0 unspecified atom stereocenters. The molecule has 0 radical (unpaired) electrons. The van der Waals surface area contributed by atoms with Gasteiger partial charge in [0, 0.05) is 39.3 Å². The minimum Gasteiger partial charge on any atom is -0.490 e. The molecule has 0 aliphatic carbocycles. The third kappa shape index (κ3) is 8.40. The lowest BCUT2D eigenvalue weighted by molar-refractivity contribution is -0.0520. The van der Waals surface area contributed by atoms with Crippen LogP contribution in [-0.2, 0) is 16.6 Å². The second-order valence-electron chi connectivity index (χ2n) is 5.98. The Hall–Kier alpha value is -2.14. The summed E-state index contributed by atoms with van der Waals surface area (Å²) in [6.45, 7) is 1.76. The maximum absolute atomic E-state index is 12.8. The molecule has 1 aromatic rings. The highest BCUT2D eigenvalue weighted by atomic mass is 32.2. The molecule has 0 bridgehead atoms. The van der Waals surface area contributed by atoms with Crippen LogP contribution in [-0.4, -0.2) is 64.8 Å². The van der Waals surface area contributed by atoms with E-state index in [0.29, 0.717) is 37.6 Å². The number of para-hydroxylation sites is 1. The molecule has 0 spiro atoms. The van der Waals surface area contributed by atoms with E-state index < -0.39 is 16.6 Å². The van der Waals surface area contributed by atoms with Crippen LogP contribution in [0.2, 0.25) is 0 Å². The lowest BCUT2D eigenvalue weighted by Crippen LogP contribution is -2.38. The summed E-state index contributed by atoms with van der Waals surface area (Å²) in [6.07, 6.45) is 0.579. The number of nitrogens with one attached hydrogen (secondary N) is 2. The molecule has 0 aliphatic rings. The molecule has 11 heteroatoms. The number of ether oxygens (including phenoxy) is 2. The van der Waals surface area contributed by atoms with Gasteiger partial charge in [0.15, 0.2) is 17.5 Å². The smallest absolute Gasteiger partial charge is 0.387 e. The Morgan fingerprint density at radius 1 is 1.28 bits per heavy atom. The van der Waals surface area contributed by atoms with E-state index in [9.17, 15) is 17.2 Å². The van der Waals surface area contributed by atoms with Crippen molar-refractivity contribution in [2.75, 3.05) is 39.5 Å². The van der Waals surface area contributed by atoms with Crippen molar-refractivity contribution in [1.29, 1.82) is 0 Å². The molecular formula is C18H30F2N4O4S. The first kappa shape index (κ1) is 24.9. The van der Waals surface area contributed by atoms with Crippen LogP contribution >= 0.6 is 0 Å². The molecule has 29 heavy (non-hydrogen) atoms. The van der Waals surface area contributed by atoms with Gasteiger partial charge in [-0.05, 0) is 26.3 Å². The second-order valence-corrected chi connectivity index (χ2v) is 8.35. The minimum atomic E-state index is -3.20. The summed E-state index contributed by atoms with van der Waals surface area (Å²) in [5, 5.41) is 6.09. The quantitative estimate of drug-likeness (QED) is 0.296. The number of hydrogen-bond acceptors (Lipinski definition) is 5. The van der Waals surface area contributed by atoms with Gasteiger partial charge in [-0.3, -0.25) is 4.99 Å². The zero-order valence-electron chi connectivity index (χ0n) is 17.2. The van der Waals surface area contributed by atoms with Crippen molar-refractivity contribution >= 4 is 16.0 Å². The van der Waals surface area contributed by atoms with Crippen LogP contribution < -0.4 is 20.1 Å². The van der Waals surface area contributed by atoms with Gasteiger partial charge in [0.2, 0.25) is 10.0 Å². The van der Waals surface area contributed by atoms with Crippen LogP contribution in [0, 0.1) is 0 Å². The van der Waals surface area contributed by atoms with Crippen molar-refractivity contribution in [2.24, 2.45) is 4.99 Å². The average Bonchev–Trinajstić information content (AvgIpc) is 2.68. The predicted molar refractivity (Wildman–Crippen MR) is 109 cm³/mol. The van der Waals surface area contributed by atoms with Crippen LogP contribution in [0.25, 0.3) is 0 Å². The van der Waals surface area contributed by atoms with E-state index >= 15 is 0 Å². The molecule has 0 saturated carbocycles. The fourth-order valence-corrected chi connectivity index (χ4v) is 3.31. The molecule has 0 atom stereocenters. The Kier molecular flexibility index (Phi) is 10.7. The van der Waals surface area contributed by atoms with E-state index in [1.165, 1.54) is 4.31 Å². The number of halogens is 2. The molecule has 0 amide bonds. The van der Waals surface area contributed by atoms with Crippen molar-refractivity contribution < 1.29 is 26.7 Å². The summed E-state index contributed by atoms with van der Waals surface area (Å²) in [4.78, 5) is 4.08. The Morgan fingerprint density at radius 2 is 2.00 bits per heavy atom. The minimum absolute atomic E-state index is 0.0151. The van der Waals surface area contributed by atoms with Gasteiger partial charge in [-0.15, -0.1) is 0 Å². The zero-order valence-corrected chi connectivity index (χ0v) is 18.1. The van der Waals surface area contributed by atoms with E-state index in [0.717, 1.165) is 0 Å². The molecule has 166 valence electrons. The normalized spacial score (nSPS) is 12.3. The molecule has 0 heterocycles. The van der Waals surface area contributed by atoms with E-state index in [1.54, 1.807) is 46.1 Å². The predicted octanol–water partition coefficient (Wildman–Crippen LogP) is 2.02. The molecule has 1 rings (SSSR count). The lowest BCUT2D eigenvalue weighted by Gasteiger charge is -2.18. The summed E-state index contributed by atoms with van der Waals surface area (Å²) in [6, 6.07) is 4.92. The number of alkyl halides is 2. The number of guanidine groups is 1. The Balaban J connectivity index is 2.63. The molecule has 2 N–H and O–H groups in total. The largest absolute Gasteiger partial charge is 0.490 e. The van der Waals surface area contributed by atoms with Gasteiger partial charge in [0.1, 0.15) is 0 Å². The van der Waals surface area contributed by atoms with E-state index in [-0.39, 0.29) is 23.8 Å². The van der Waals surface area contributed by atoms with Crippen LogP contribution in [0.4, 0.5) is 8.78 Å². The molecule has 0 fully saturated rings. The standard InChI is InChI=1S/C18H30F2N4O4S/c1-5-27-15-10-7-9-14(16(15)28-17(19)20)13-23-18(21-3)22-11-8-12-24(4)29(25,26)6-2/h7,9-10,17H,5-6,8,11-13H2,1-4H3,(H2,21,22,23). The van der Waals surface area contributed by atoms with E-state index in [1.807, 2.05) is 0 Å². The van der Waals surface area contributed by atoms with Crippen molar-refractivity contribution in [2.45, 2.75) is 33.4 Å². The van der Waals surface area contributed by atoms with Crippen molar-refractivity contribution in [3.8, 4) is 11.5 Å². The molecular weight excluding hydrogens is 406 g/mol. The van der Waals surface area contributed by atoms with Crippen molar-refractivity contribution in [1.82, 2.24) is 14.9 Å². The van der Waals surface area contributed by atoms with Gasteiger partial charge < -0.3 is 20.1 Å². The molecule has 0 saturated heterocycles. The van der Waals surface area contributed by atoms with Gasteiger partial charge in [0.25, 0.3) is 0 Å². The third-order valence-electron chi connectivity index (χ3n) is 4.02. The summed E-state index contributed by atoms with van der Waals surface area (Å²) in [5.41, 5.74) is 0.493. The van der Waals surface area contributed by atoms with Crippen LogP contribution in [0.3, 0.4) is 0 Å². The highest BCUT2D eigenvalue weighted by molar-refractivity contribution is 7.89. The van der Waals surface area contributed by atoms with Crippen LogP contribution in [0.1, 0.15) is 25.8 Å². The third-order valence-corrected chi connectivity index (χ3v) is 5.88. The molecule has 0 aliphatic heterocycles. The number of rotatable bonds is 12. The van der Waals surface area contributed by atoms with Crippen LogP contribution in [0.5, 0.6) is 11.5 Å². The molecule has 1 aromatic carbocycles. The lowest BCUT2D eigenvalue weighted by atomic mass is 10.2. The number of sulfonamides is 1. The number of aliphatic imine (C=N–C) groups is 1. The number of nitrogens with zero attached hydrogens (tertiary/aromatic N) is 2. The van der Waals surface area contributed by atoms with E-state index in [4.69, 9.17) is 4.74 Å². The highest BCUT2D eigenvalue weighted by Gasteiger charge is 2.16. The Morgan fingerprint density at radius 3 is 2.59 bits per heavy atom. The Bertz CT molecular complexity index is 760. The van der Waals surface area contributed by atoms with Crippen LogP contribution in [0.15, 0.2) is 23.2 Å². The fourth-order valence-electron chi connectivity index (χ4n) is 2.46. The first-order chi connectivity index (χ1) is 13.7. The summed E-state index contributed by atoms with van der Waals surface area (Å²) >= 11 is 0. The average molecular weight is 437 g/mol. The van der Waals surface area contributed by atoms with Crippen molar-refractivity contribution in [3.63, 3.8) is 0 Å². The maximum Gasteiger partial charge on any atom is 0.387 e. The highest BCUT2D eigenvalue weighted by Crippen LogP contribution is 2.32. The van der Waals surface area contributed by atoms with Gasteiger partial charge in [-0.1, -0.05) is 12.1 Å². The molecule has 0 aromatic heterocycles. The summed E-state index contributed by atoms with van der Waals surface area (Å²) < 4.78 is 60.3. The van der Waals surface area contributed by atoms with Crippen molar-refractivity contribution in [3.05, 3.63) is 23.8 Å². The zero-order chi connectivity index (χ0) is 21.9. The van der Waals surface area contributed by atoms with Gasteiger partial charge in [-0.25, -0.2) is 12.7 Å². The SMILES string of the molecule is CCOc1cccc(CNC(=NC)NCCCN(C)S(=O)(=O)CC)c1OC(F)F. The maximum atomic E-state index is 12.8. The monoisotopic (exact) mass is 436 g/mol.